The normalized spacial score (nSPS) is 21.4. The van der Waals surface area contributed by atoms with Gasteiger partial charge in [-0.05, 0) is 55.3 Å². The molecule has 5 heteroatoms. The molecule has 0 amide bonds. The van der Waals surface area contributed by atoms with Gasteiger partial charge in [0.1, 0.15) is 0 Å². The summed E-state index contributed by atoms with van der Waals surface area (Å²) in [6.45, 7) is 11.3. The number of hydrogen-bond acceptors (Lipinski definition) is 3. The summed E-state index contributed by atoms with van der Waals surface area (Å²) in [6.07, 6.45) is 1.16. The lowest BCUT2D eigenvalue weighted by atomic mass is 9.89. The van der Waals surface area contributed by atoms with Crippen molar-refractivity contribution in [2.45, 2.75) is 25.3 Å². The van der Waals surface area contributed by atoms with E-state index < -0.39 is 0 Å². The molecular formula is C19H19ClN4. The number of hydrogen-bond donors (Lipinski definition) is 3. The number of aryl methyl sites for hydroxylation is 1. The maximum atomic E-state index is 7.08. The zero-order valence-corrected chi connectivity index (χ0v) is 14.2. The third-order valence-corrected chi connectivity index (χ3v) is 5.24. The van der Waals surface area contributed by atoms with Gasteiger partial charge in [-0.1, -0.05) is 17.7 Å². The topological polar surface area (TPSA) is 40.5 Å². The zero-order chi connectivity index (χ0) is 16.7. The third-order valence-electron chi connectivity index (χ3n) is 4.93. The second kappa shape index (κ2) is 6.01. The molecule has 2 heterocycles. The summed E-state index contributed by atoms with van der Waals surface area (Å²) in [7, 11) is 0. The fourth-order valence-electron chi connectivity index (χ4n) is 3.76. The van der Waals surface area contributed by atoms with Gasteiger partial charge in [0.05, 0.1) is 6.57 Å². The highest BCUT2D eigenvalue weighted by molar-refractivity contribution is 6.33. The van der Waals surface area contributed by atoms with Crippen LogP contribution in [0.3, 0.4) is 0 Å². The van der Waals surface area contributed by atoms with Crippen LogP contribution in [0.4, 0.5) is 22.7 Å². The Morgan fingerprint density at radius 2 is 2.12 bits per heavy atom. The number of piperidine rings is 1. The van der Waals surface area contributed by atoms with Crippen LogP contribution in [0.2, 0.25) is 5.02 Å². The molecule has 24 heavy (non-hydrogen) atoms. The minimum atomic E-state index is 0.478. The van der Waals surface area contributed by atoms with Crippen molar-refractivity contribution >= 4 is 34.4 Å². The minimum absolute atomic E-state index is 0.478. The molecule has 0 spiro atoms. The average molecular weight is 339 g/mol. The first-order valence-corrected chi connectivity index (χ1v) is 8.59. The molecule has 2 aromatic rings. The highest BCUT2D eigenvalue weighted by Gasteiger charge is 2.34. The highest BCUT2D eigenvalue weighted by atomic mass is 35.5. The average Bonchev–Trinajstić information content (AvgIpc) is 2.95. The number of fused-ring (bicyclic) bond motifs is 3. The molecule has 4 nitrogen and oxygen atoms in total. The van der Waals surface area contributed by atoms with Crippen LogP contribution in [0.1, 0.15) is 23.5 Å². The Morgan fingerprint density at radius 3 is 2.92 bits per heavy atom. The first-order chi connectivity index (χ1) is 11.7. The summed E-state index contributed by atoms with van der Waals surface area (Å²) in [5, 5.41) is 11.1. The van der Waals surface area contributed by atoms with E-state index in [1.165, 1.54) is 16.8 Å². The van der Waals surface area contributed by atoms with E-state index in [0.717, 1.165) is 30.9 Å². The van der Waals surface area contributed by atoms with Gasteiger partial charge in [0.15, 0.2) is 0 Å². The van der Waals surface area contributed by atoms with E-state index in [9.17, 15) is 0 Å². The van der Waals surface area contributed by atoms with E-state index in [1.807, 2.05) is 6.07 Å². The molecule has 2 aliphatic rings. The zero-order valence-electron chi connectivity index (χ0n) is 13.5. The summed E-state index contributed by atoms with van der Waals surface area (Å²) in [6, 6.07) is 10.4. The number of nitrogens with zero attached hydrogens (tertiary/aromatic N) is 1. The van der Waals surface area contributed by atoms with Gasteiger partial charge in [-0.3, -0.25) is 0 Å². The van der Waals surface area contributed by atoms with Crippen molar-refractivity contribution in [2.75, 3.05) is 23.7 Å². The Balaban J connectivity index is 1.65. The first kappa shape index (κ1) is 15.3. The molecule has 3 N–H and O–H groups in total. The molecule has 2 atom stereocenters. The van der Waals surface area contributed by atoms with Crippen LogP contribution in [0, 0.1) is 13.5 Å². The fraction of sp³-hybridized carbons (Fsp3) is 0.316. The molecule has 0 radical (unpaired) electrons. The summed E-state index contributed by atoms with van der Waals surface area (Å²) in [5.74, 6) is 0.530. The Morgan fingerprint density at radius 1 is 1.25 bits per heavy atom. The van der Waals surface area contributed by atoms with Crippen molar-refractivity contribution in [1.29, 1.82) is 0 Å². The maximum absolute atomic E-state index is 7.08. The van der Waals surface area contributed by atoms with Gasteiger partial charge in [0.2, 0.25) is 5.69 Å². The lowest BCUT2D eigenvalue weighted by molar-refractivity contribution is 0.440. The van der Waals surface area contributed by atoms with Gasteiger partial charge in [-0.15, -0.1) is 0 Å². The van der Waals surface area contributed by atoms with Crippen molar-refractivity contribution < 1.29 is 0 Å². The van der Waals surface area contributed by atoms with E-state index in [2.05, 4.69) is 39.9 Å². The number of benzene rings is 2. The van der Waals surface area contributed by atoms with Crippen LogP contribution in [0.5, 0.6) is 0 Å². The molecule has 1 saturated heterocycles. The molecule has 0 bridgehead atoms. The maximum Gasteiger partial charge on any atom is 0.205 e. The third kappa shape index (κ3) is 2.60. The second-order valence-corrected chi connectivity index (χ2v) is 6.92. The Kier molecular flexibility index (Phi) is 3.84. The highest BCUT2D eigenvalue weighted by Crippen LogP contribution is 2.42. The Hall–Kier alpha value is -2.22. The fourth-order valence-corrected chi connectivity index (χ4v) is 3.98. The van der Waals surface area contributed by atoms with Crippen molar-refractivity contribution in [3.8, 4) is 0 Å². The van der Waals surface area contributed by atoms with Crippen LogP contribution in [0.25, 0.3) is 4.85 Å². The number of halogens is 1. The largest absolute Gasteiger partial charge is 0.381 e. The summed E-state index contributed by atoms with van der Waals surface area (Å²) >= 11 is 6.14. The quantitative estimate of drug-likeness (QED) is 0.688. The SMILES string of the molecule is [C-]#[N+]c1ccc(Nc2cc(C)c3c(c2)[C@@H]2CNCC[C@@H]2N3)cc1Cl. The van der Waals surface area contributed by atoms with Crippen LogP contribution >= 0.6 is 11.6 Å². The van der Waals surface area contributed by atoms with E-state index in [1.54, 1.807) is 12.1 Å². The number of anilines is 3. The van der Waals surface area contributed by atoms with Crippen molar-refractivity contribution in [3.63, 3.8) is 0 Å². The molecule has 0 aromatic heterocycles. The van der Waals surface area contributed by atoms with E-state index in [0.29, 0.717) is 22.7 Å². The molecule has 2 aliphatic heterocycles. The van der Waals surface area contributed by atoms with E-state index in [4.69, 9.17) is 18.2 Å². The number of nitrogens with one attached hydrogen (secondary N) is 3. The summed E-state index contributed by atoms with van der Waals surface area (Å²) in [5.41, 5.74) is 6.38. The molecule has 1 fully saturated rings. The summed E-state index contributed by atoms with van der Waals surface area (Å²) < 4.78 is 0. The van der Waals surface area contributed by atoms with Crippen LogP contribution < -0.4 is 16.0 Å². The van der Waals surface area contributed by atoms with Gasteiger partial charge in [-0.2, -0.15) is 0 Å². The number of rotatable bonds is 2. The predicted molar refractivity (Wildman–Crippen MR) is 99.8 cm³/mol. The van der Waals surface area contributed by atoms with Crippen LogP contribution in [-0.2, 0) is 0 Å². The lowest BCUT2D eigenvalue weighted by Crippen LogP contribution is -2.38. The van der Waals surface area contributed by atoms with Crippen molar-refractivity contribution in [2.24, 2.45) is 0 Å². The smallest absolute Gasteiger partial charge is 0.205 e. The molecule has 2 aromatic carbocycles. The van der Waals surface area contributed by atoms with Gasteiger partial charge >= 0.3 is 0 Å². The molecule has 4 rings (SSSR count). The predicted octanol–water partition coefficient (Wildman–Crippen LogP) is 4.81. The molecule has 0 aliphatic carbocycles. The van der Waals surface area contributed by atoms with Gasteiger partial charge in [-0.25, -0.2) is 4.85 Å². The minimum Gasteiger partial charge on any atom is -0.381 e. The molecule has 0 saturated carbocycles. The van der Waals surface area contributed by atoms with E-state index >= 15 is 0 Å². The lowest BCUT2D eigenvalue weighted by Gasteiger charge is -2.26. The van der Waals surface area contributed by atoms with Crippen molar-refractivity contribution in [1.82, 2.24) is 5.32 Å². The first-order valence-electron chi connectivity index (χ1n) is 8.21. The van der Waals surface area contributed by atoms with Crippen molar-refractivity contribution in [3.05, 3.63) is 57.9 Å². The van der Waals surface area contributed by atoms with Crippen LogP contribution in [-0.4, -0.2) is 19.1 Å². The van der Waals surface area contributed by atoms with Gasteiger partial charge in [0.25, 0.3) is 0 Å². The molecule has 122 valence electrons. The van der Waals surface area contributed by atoms with E-state index in [-0.39, 0.29) is 0 Å². The van der Waals surface area contributed by atoms with Gasteiger partial charge < -0.3 is 16.0 Å². The standard InChI is InChI=1S/C19H19ClN4/c1-11-7-13(23-12-3-4-18(21-2)16(20)9-12)8-14-15-10-22-6-5-17(15)24-19(11)14/h3-4,7-9,15,17,22-24H,5-6,10H2,1H3/t15-,17-/m0/s1. The Bertz CT molecular complexity index is 840. The van der Waals surface area contributed by atoms with Gasteiger partial charge in [0, 0.05) is 40.6 Å². The second-order valence-electron chi connectivity index (χ2n) is 6.51. The van der Waals surface area contributed by atoms with Crippen LogP contribution in [0.15, 0.2) is 30.3 Å². The molecular weight excluding hydrogens is 320 g/mol. The monoisotopic (exact) mass is 338 g/mol. The summed E-state index contributed by atoms with van der Waals surface area (Å²) in [4.78, 5) is 3.40. The molecule has 0 unspecified atom stereocenters. The Labute approximate surface area is 147 Å².